The molecule has 120 valence electrons. The Kier molecular flexibility index (Phi) is 3.86. The Labute approximate surface area is 135 Å². The van der Waals surface area contributed by atoms with Crippen molar-refractivity contribution in [1.29, 1.82) is 0 Å². The molecule has 0 radical (unpaired) electrons. The molecule has 0 saturated carbocycles. The van der Waals surface area contributed by atoms with Crippen LogP contribution in [0, 0.1) is 0 Å². The van der Waals surface area contributed by atoms with Gasteiger partial charge in [0.1, 0.15) is 6.10 Å². The lowest BCUT2D eigenvalue weighted by molar-refractivity contribution is 0.120. The van der Waals surface area contributed by atoms with Gasteiger partial charge >= 0.3 is 0 Å². The maximum Gasteiger partial charge on any atom is 0.199 e. The maximum atomic E-state index is 13.1. The zero-order chi connectivity index (χ0) is 16.6. The largest absolute Gasteiger partial charge is 0.470 e. The molecule has 0 bridgehead atoms. The van der Waals surface area contributed by atoms with Crippen molar-refractivity contribution in [2.45, 2.75) is 32.3 Å². The molecule has 3 rings (SSSR count). The van der Waals surface area contributed by atoms with Crippen LogP contribution in [0.3, 0.4) is 0 Å². The summed E-state index contributed by atoms with van der Waals surface area (Å²) in [6.45, 7) is 5.60. The van der Waals surface area contributed by atoms with Crippen LogP contribution in [-0.2, 0) is 5.41 Å². The average Bonchev–Trinajstić information content (AvgIpc) is 2.89. The van der Waals surface area contributed by atoms with Crippen LogP contribution in [-0.4, -0.2) is 22.8 Å². The minimum absolute atomic E-state index is 0.0899. The first-order valence-electron chi connectivity index (χ1n) is 7.75. The lowest BCUT2D eigenvalue weighted by Crippen LogP contribution is -2.42. The second-order valence-electron chi connectivity index (χ2n) is 6.21. The third kappa shape index (κ3) is 2.30. The number of aliphatic hydroxyl groups is 1. The van der Waals surface area contributed by atoms with Gasteiger partial charge in [0.25, 0.3) is 0 Å². The number of allylic oxidation sites excluding steroid dienone is 1. The zero-order valence-electron chi connectivity index (χ0n) is 13.6. The number of fused-ring (bicyclic) bond motifs is 1. The number of H-pyrrole nitrogens is 1. The van der Waals surface area contributed by atoms with Crippen LogP contribution in [0.1, 0.15) is 26.3 Å². The van der Waals surface area contributed by atoms with Crippen molar-refractivity contribution in [2.24, 2.45) is 0 Å². The quantitative estimate of drug-likeness (QED) is 0.857. The molecule has 0 amide bonds. The van der Waals surface area contributed by atoms with Gasteiger partial charge in [0.05, 0.1) is 17.6 Å². The summed E-state index contributed by atoms with van der Waals surface area (Å²) in [5, 5.41) is 10.0. The van der Waals surface area contributed by atoms with E-state index in [1.807, 2.05) is 57.2 Å². The molecule has 4 nitrogen and oxygen atoms in total. The topological polar surface area (TPSA) is 62.3 Å². The minimum atomic E-state index is -0.760. The van der Waals surface area contributed by atoms with E-state index in [0.29, 0.717) is 17.0 Å². The summed E-state index contributed by atoms with van der Waals surface area (Å²) in [5.41, 5.74) is 2.10. The lowest BCUT2D eigenvalue weighted by atomic mass is 9.77. The molecule has 4 heteroatoms. The highest BCUT2D eigenvalue weighted by atomic mass is 16.5. The monoisotopic (exact) mass is 311 g/mol. The van der Waals surface area contributed by atoms with E-state index in [2.05, 4.69) is 4.98 Å². The Morgan fingerprint density at radius 3 is 2.70 bits per heavy atom. The molecular formula is C19H21NO3. The molecule has 1 aliphatic rings. The van der Waals surface area contributed by atoms with Crippen molar-refractivity contribution in [1.82, 2.24) is 4.98 Å². The Balaban J connectivity index is 2.21. The van der Waals surface area contributed by atoms with Crippen LogP contribution in [0.5, 0.6) is 5.88 Å². The number of hydrogen-bond acceptors (Lipinski definition) is 3. The van der Waals surface area contributed by atoms with Crippen molar-refractivity contribution < 1.29 is 9.84 Å². The van der Waals surface area contributed by atoms with Crippen LogP contribution >= 0.6 is 0 Å². The fraction of sp³-hybridized carbons (Fsp3) is 0.316. The molecule has 2 heterocycles. The predicted octanol–water partition coefficient (Wildman–Crippen LogP) is 3.02. The van der Waals surface area contributed by atoms with Crippen LogP contribution in [0.25, 0.3) is 11.1 Å². The smallest absolute Gasteiger partial charge is 0.199 e. The van der Waals surface area contributed by atoms with Gasteiger partial charge in [-0.1, -0.05) is 36.4 Å². The summed E-state index contributed by atoms with van der Waals surface area (Å²) < 4.78 is 5.95. The molecular weight excluding hydrogens is 290 g/mol. The molecule has 1 aromatic heterocycles. The molecule has 0 saturated heterocycles. The Hall–Kier alpha value is -2.33. The zero-order valence-corrected chi connectivity index (χ0v) is 13.6. The van der Waals surface area contributed by atoms with Gasteiger partial charge in [-0.25, -0.2) is 0 Å². The first-order chi connectivity index (χ1) is 11.0. The maximum absolute atomic E-state index is 13.1. The molecule has 2 atom stereocenters. The van der Waals surface area contributed by atoms with Gasteiger partial charge in [-0.05, 0) is 31.9 Å². The lowest BCUT2D eigenvalue weighted by Gasteiger charge is -2.28. The van der Waals surface area contributed by atoms with Gasteiger partial charge in [0.2, 0.25) is 0 Å². The predicted molar refractivity (Wildman–Crippen MR) is 90.8 cm³/mol. The van der Waals surface area contributed by atoms with Crippen LogP contribution < -0.4 is 10.2 Å². The molecule has 1 aromatic carbocycles. The number of aromatic amines is 1. The van der Waals surface area contributed by atoms with E-state index in [-0.39, 0.29) is 18.1 Å². The van der Waals surface area contributed by atoms with E-state index < -0.39 is 5.41 Å². The Bertz CT molecular complexity index is 807. The van der Waals surface area contributed by atoms with Gasteiger partial charge < -0.3 is 14.8 Å². The standard InChI is InChI=1S/C19H21NO3/c1-4-12(2)17-19(3,11-21)15-16(22)14(10-20-18(15)23-17)13-8-6-5-7-9-13/h4-10,17,21H,11H2,1-3H3,(H,20,22)/b12-4+/t17-,19-/m1/s1. The molecule has 0 unspecified atom stereocenters. The van der Waals surface area contributed by atoms with Gasteiger partial charge in [-0.2, -0.15) is 0 Å². The van der Waals surface area contributed by atoms with Crippen molar-refractivity contribution in [3.63, 3.8) is 0 Å². The van der Waals surface area contributed by atoms with E-state index in [0.717, 1.165) is 11.1 Å². The molecule has 2 N–H and O–H groups in total. The number of rotatable bonds is 3. The fourth-order valence-corrected chi connectivity index (χ4v) is 3.24. The summed E-state index contributed by atoms with van der Waals surface area (Å²) >= 11 is 0. The number of benzene rings is 1. The third-order valence-corrected chi connectivity index (χ3v) is 4.71. The van der Waals surface area contributed by atoms with Crippen molar-refractivity contribution in [3.8, 4) is 17.0 Å². The number of aliphatic hydroxyl groups excluding tert-OH is 1. The highest BCUT2D eigenvalue weighted by Gasteiger charge is 2.48. The number of aromatic nitrogens is 1. The van der Waals surface area contributed by atoms with Crippen molar-refractivity contribution in [3.05, 3.63) is 64.0 Å². The first kappa shape index (κ1) is 15.6. The normalized spacial score (nSPS) is 23.5. The Morgan fingerprint density at radius 1 is 1.39 bits per heavy atom. The molecule has 1 aliphatic heterocycles. The molecule has 23 heavy (non-hydrogen) atoms. The van der Waals surface area contributed by atoms with E-state index >= 15 is 0 Å². The van der Waals surface area contributed by atoms with Crippen LogP contribution in [0.15, 0.2) is 53.0 Å². The van der Waals surface area contributed by atoms with E-state index in [9.17, 15) is 9.90 Å². The summed E-state index contributed by atoms with van der Waals surface area (Å²) in [7, 11) is 0. The average molecular weight is 311 g/mol. The molecule has 2 aromatic rings. The van der Waals surface area contributed by atoms with Gasteiger partial charge in [0, 0.05) is 11.8 Å². The number of nitrogens with one attached hydrogen (secondary N) is 1. The third-order valence-electron chi connectivity index (χ3n) is 4.71. The van der Waals surface area contributed by atoms with Gasteiger partial charge in [-0.15, -0.1) is 0 Å². The van der Waals surface area contributed by atoms with Crippen molar-refractivity contribution >= 4 is 0 Å². The summed E-state index contributed by atoms with van der Waals surface area (Å²) in [4.78, 5) is 16.2. The number of pyridine rings is 1. The SMILES string of the molecule is C/C=C(\C)[C@H]1Oc2[nH]cc(-c3ccccc3)c(=O)c2[C@@]1(C)CO. The Morgan fingerprint density at radius 2 is 2.09 bits per heavy atom. The number of ether oxygens (including phenoxy) is 1. The molecule has 0 aliphatic carbocycles. The highest BCUT2D eigenvalue weighted by Crippen LogP contribution is 2.42. The molecule has 0 fully saturated rings. The second kappa shape index (κ2) is 5.70. The van der Waals surface area contributed by atoms with Crippen LogP contribution in [0.2, 0.25) is 0 Å². The first-order valence-corrected chi connectivity index (χ1v) is 7.75. The van der Waals surface area contributed by atoms with E-state index in [1.165, 1.54) is 0 Å². The second-order valence-corrected chi connectivity index (χ2v) is 6.21. The minimum Gasteiger partial charge on any atom is -0.470 e. The molecule has 0 spiro atoms. The van der Waals surface area contributed by atoms with E-state index in [4.69, 9.17) is 4.74 Å². The van der Waals surface area contributed by atoms with Gasteiger partial charge in [0.15, 0.2) is 11.3 Å². The van der Waals surface area contributed by atoms with Crippen LogP contribution in [0.4, 0.5) is 0 Å². The summed E-state index contributed by atoms with van der Waals surface area (Å²) in [6, 6.07) is 9.51. The van der Waals surface area contributed by atoms with E-state index in [1.54, 1.807) is 6.20 Å². The fourth-order valence-electron chi connectivity index (χ4n) is 3.24. The van der Waals surface area contributed by atoms with Gasteiger partial charge in [-0.3, -0.25) is 4.79 Å². The summed E-state index contributed by atoms with van der Waals surface area (Å²) in [6.07, 6.45) is 3.29. The van der Waals surface area contributed by atoms with Crippen molar-refractivity contribution in [2.75, 3.05) is 6.61 Å². The number of hydrogen-bond donors (Lipinski definition) is 2. The highest BCUT2D eigenvalue weighted by molar-refractivity contribution is 5.65. The summed E-state index contributed by atoms with van der Waals surface area (Å²) in [5.74, 6) is 0.456.